The highest BCUT2D eigenvalue weighted by Crippen LogP contribution is 2.39. The predicted molar refractivity (Wildman–Crippen MR) is 52.1 cm³/mol. The molecule has 0 aliphatic rings. The van der Waals surface area contributed by atoms with Crippen LogP contribution in [-0.2, 0) is 17.4 Å². The summed E-state index contributed by atoms with van der Waals surface area (Å²) in [5.41, 5.74) is -4.09. The molecule has 0 atom stereocenters. The molecule has 106 valence electrons. The zero-order chi connectivity index (χ0) is 14.8. The number of rotatable bonds is 4. The van der Waals surface area contributed by atoms with Gasteiger partial charge in [-0.2, -0.15) is 13.2 Å². The fourth-order valence-electron chi connectivity index (χ4n) is 1.47. The van der Waals surface area contributed by atoms with Gasteiger partial charge < -0.3 is 9.84 Å². The maximum absolute atomic E-state index is 12.7. The molecule has 0 aromatic carbocycles. The van der Waals surface area contributed by atoms with Gasteiger partial charge in [-0.05, 0) is 0 Å². The highest BCUT2D eigenvalue weighted by Gasteiger charge is 2.40. The fraction of sp³-hybridized carbons (Fsp3) is 0.400. The first-order chi connectivity index (χ1) is 8.66. The first-order valence-corrected chi connectivity index (χ1v) is 4.81. The van der Waals surface area contributed by atoms with Crippen LogP contribution in [0.4, 0.5) is 22.0 Å². The molecule has 0 aliphatic carbocycles. The molecule has 0 aliphatic heterocycles. The van der Waals surface area contributed by atoms with Gasteiger partial charge in [-0.25, -0.2) is 13.8 Å². The van der Waals surface area contributed by atoms with Gasteiger partial charge in [-0.15, -0.1) is 0 Å². The van der Waals surface area contributed by atoms with Crippen molar-refractivity contribution < 1.29 is 36.6 Å². The van der Waals surface area contributed by atoms with Crippen LogP contribution in [0, 0.1) is 0 Å². The van der Waals surface area contributed by atoms with Gasteiger partial charge in [0.05, 0.1) is 24.8 Å². The average molecular weight is 285 g/mol. The van der Waals surface area contributed by atoms with Crippen LogP contribution < -0.4 is 4.74 Å². The van der Waals surface area contributed by atoms with Crippen molar-refractivity contribution in [1.29, 1.82) is 0 Å². The van der Waals surface area contributed by atoms with Gasteiger partial charge in [0.15, 0.2) is 0 Å². The first kappa shape index (κ1) is 15.1. The lowest BCUT2D eigenvalue weighted by Crippen LogP contribution is -2.18. The van der Waals surface area contributed by atoms with E-state index in [2.05, 4.69) is 9.72 Å². The Morgan fingerprint density at radius 2 is 2.05 bits per heavy atom. The van der Waals surface area contributed by atoms with Gasteiger partial charge in [-0.1, -0.05) is 0 Å². The number of carboxylic acids is 1. The van der Waals surface area contributed by atoms with Crippen molar-refractivity contribution >= 4 is 5.97 Å². The van der Waals surface area contributed by atoms with E-state index in [4.69, 9.17) is 5.11 Å². The molecule has 0 fully saturated rings. The summed E-state index contributed by atoms with van der Waals surface area (Å²) in [6.45, 7) is 0. The lowest BCUT2D eigenvalue weighted by Gasteiger charge is -2.16. The number of methoxy groups -OCH3 is 1. The van der Waals surface area contributed by atoms with Crippen LogP contribution in [0.25, 0.3) is 0 Å². The number of aromatic nitrogens is 1. The molecule has 1 N–H and O–H groups in total. The van der Waals surface area contributed by atoms with E-state index in [1.807, 2.05) is 0 Å². The highest BCUT2D eigenvalue weighted by atomic mass is 19.4. The van der Waals surface area contributed by atoms with Crippen LogP contribution in [0.5, 0.6) is 5.88 Å². The Morgan fingerprint density at radius 3 is 2.42 bits per heavy atom. The summed E-state index contributed by atoms with van der Waals surface area (Å²) < 4.78 is 68.1. The lowest BCUT2D eigenvalue weighted by atomic mass is 10.0. The molecule has 1 aromatic heterocycles. The minimum absolute atomic E-state index is 0.443. The van der Waals surface area contributed by atoms with E-state index in [0.29, 0.717) is 6.07 Å². The van der Waals surface area contributed by atoms with Gasteiger partial charge in [0.2, 0.25) is 5.88 Å². The van der Waals surface area contributed by atoms with Crippen LogP contribution >= 0.6 is 0 Å². The molecular weight excluding hydrogens is 277 g/mol. The molecule has 9 heteroatoms. The van der Waals surface area contributed by atoms with Crippen molar-refractivity contribution in [3.63, 3.8) is 0 Å². The van der Waals surface area contributed by atoms with Gasteiger partial charge in [-0.3, -0.25) is 4.79 Å². The number of halogens is 5. The van der Waals surface area contributed by atoms with Crippen LogP contribution in [0.15, 0.2) is 6.07 Å². The first-order valence-electron chi connectivity index (χ1n) is 4.81. The second-order valence-electron chi connectivity index (χ2n) is 3.44. The van der Waals surface area contributed by atoms with Crippen molar-refractivity contribution in [2.75, 3.05) is 7.11 Å². The smallest absolute Gasteiger partial charge is 0.418 e. The number of nitrogens with zero attached hydrogens (tertiary/aromatic N) is 1. The lowest BCUT2D eigenvalue weighted by molar-refractivity contribution is -0.141. The molecular formula is C10H8F5NO3. The molecule has 0 radical (unpaired) electrons. The summed E-state index contributed by atoms with van der Waals surface area (Å²) in [7, 11) is 1.02. The largest absolute Gasteiger partial charge is 0.481 e. The Bertz CT molecular complexity index is 487. The SMILES string of the molecule is COc1cc(C(F)F)c(C(F)(F)F)c(CC(=O)O)n1. The molecule has 4 nitrogen and oxygen atoms in total. The van der Waals surface area contributed by atoms with Crippen molar-refractivity contribution in [2.45, 2.75) is 19.0 Å². The fourth-order valence-corrected chi connectivity index (χ4v) is 1.47. The summed E-state index contributed by atoms with van der Waals surface area (Å²) in [5.74, 6) is -2.12. The van der Waals surface area contributed by atoms with E-state index in [0.717, 1.165) is 7.11 Å². The molecule has 1 rings (SSSR count). The van der Waals surface area contributed by atoms with Gasteiger partial charge >= 0.3 is 12.1 Å². The molecule has 0 saturated carbocycles. The molecule has 19 heavy (non-hydrogen) atoms. The van der Waals surface area contributed by atoms with E-state index in [9.17, 15) is 26.7 Å². The normalized spacial score (nSPS) is 11.7. The number of ether oxygens (including phenoxy) is 1. The number of alkyl halides is 5. The minimum Gasteiger partial charge on any atom is -0.481 e. The number of hydrogen-bond donors (Lipinski definition) is 1. The topological polar surface area (TPSA) is 59.4 Å². The van der Waals surface area contributed by atoms with E-state index in [1.54, 1.807) is 0 Å². The Labute approximate surface area is 103 Å². The quantitative estimate of drug-likeness (QED) is 0.864. The van der Waals surface area contributed by atoms with Gasteiger partial charge in [0, 0.05) is 11.6 Å². The molecule has 0 spiro atoms. The van der Waals surface area contributed by atoms with E-state index < -0.39 is 47.7 Å². The molecule has 0 bridgehead atoms. The number of carboxylic acid groups (broad SMARTS) is 1. The zero-order valence-electron chi connectivity index (χ0n) is 9.46. The van der Waals surface area contributed by atoms with E-state index in [-0.39, 0.29) is 0 Å². The number of pyridine rings is 1. The summed E-state index contributed by atoms with van der Waals surface area (Å²) in [5, 5.41) is 8.51. The molecule has 0 saturated heterocycles. The highest BCUT2D eigenvalue weighted by molar-refractivity contribution is 5.70. The van der Waals surface area contributed by atoms with Gasteiger partial charge in [0.1, 0.15) is 0 Å². The second kappa shape index (κ2) is 5.37. The average Bonchev–Trinajstić information content (AvgIpc) is 2.25. The van der Waals surface area contributed by atoms with Crippen LogP contribution in [0.1, 0.15) is 23.2 Å². The number of aliphatic carboxylic acids is 1. The van der Waals surface area contributed by atoms with Crippen molar-refractivity contribution in [2.24, 2.45) is 0 Å². The van der Waals surface area contributed by atoms with Crippen LogP contribution in [0.3, 0.4) is 0 Å². The van der Waals surface area contributed by atoms with Crippen molar-refractivity contribution in [1.82, 2.24) is 4.98 Å². The Kier molecular flexibility index (Phi) is 4.28. The van der Waals surface area contributed by atoms with Gasteiger partial charge in [0.25, 0.3) is 6.43 Å². The predicted octanol–water partition coefficient (Wildman–Crippen LogP) is 2.67. The summed E-state index contributed by atoms with van der Waals surface area (Å²) in [6, 6.07) is 0.443. The number of carbonyl (C=O) groups is 1. The molecule has 1 aromatic rings. The van der Waals surface area contributed by atoms with Crippen LogP contribution in [-0.4, -0.2) is 23.2 Å². The maximum Gasteiger partial charge on any atom is 0.418 e. The molecule has 1 heterocycles. The third kappa shape index (κ3) is 3.52. The molecule has 0 unspecified atom stereocenters. The van der Waals surface area contributed by atoms with Crippen molar-refractivity contribution in [3.8, 4) is 5.88 Å². The van der Waals surface area contributed by atoms with E-state index >= 15 is 0 Å². The third-order valence-electron chi connectivity index (χ3n) is 2.15. The summed E-state index contributed by atoms with van der Waals surface area (Å²) >= 11 is 0. The molecule has 0 amide bonds. The zero-order valence-corrected chi connectivity index (χ0v) is 9.46. The third-order valence-corrected chi connectivity index (χ3v) is 2.15. The summed E-state index contributed by atoms with van der Waals surface area (Å²) in [6.07, 6.45) is -9.69. The standard InChI is InChI=1S/C10H8F5NO3/c1-19-6-2-4(9(11)12)8(10(13,14)15)5(16-6)3-7(17)18/h2,9H,3H2,1H3,(H,17,18). The second-order valence-corrected chi connectivity index (χ2v) is 3.44. The minimum atomic E-state index is -5.13. The summed E-state index contributed by atoms with van der Waals surface area (Å²) in [4.78, 5) is 13.8. The Hall–Kier alpha value is -1.93. The number of hydrogen-bond acceptors (Lipinski definition) is 3. The maximum atomic E-state index is 12.7. The van der Waals surface area contributed by atoms with Crippen LogP contribution in [0.2, 0.25) is 0 Å². The Morgan fingerprint density at radius 1 is 1.47 bits per heavy atom. The monoisotopic (exact) mass is 285 g/mol. The Balaban J connectivity index is 3.56. The van der Waals surface area contributed by atoms with E-state index in [1.165, 1.54) is 0 Å². The van der Waals surface area contributed by atoms with Crippen molar-refractivity contribution in [3.05, 3.63) is 22.9 Å².